The molecule has 0 aromatic carbocycles. The number of ether oxygens (including phenoxy) is 2. The number of rotatable bonds is 8. The van der Waals surface area contributed by atoms with Gasteiger partial charge in [-0.2, -0.15) is 0 Å². The van der Waals surface area contributed by atoms with Crippen molar-refractivity contribution in [3.63, 3.8) is 0 Å². The zero-order valence-electron chi connectivity index (χ0n) is 15.1. The fourth-order valence-corrected chi connectivity index (χ4v) is 2.61. The summed E-state index contributed by atoms with van der Waals surface area (Å²) in [4.78, 5) is 11.5. The zero-order valence-corrected chi connectivity index (χ0v) is 15.1. The summed E-state index contributed by atoms with van der Waals surface area (Å²) in [5.41, 5.74) is -0.790. The topological polar surface area (TPSA) is 55.8 Å². The van der Waals surface area contributed by atoms with Crippen LogP contribution in [-0.2, 0) is 14.3 Å². The summed E-state index contributed by atoms with van der Waals surface area (Å²) in [5, 5.41) is 9.45. The van der Waals surface area contributed by atoms with E-state index in [4.69, 9.17) is 9.47 Å². The summed E-state index contributed by atoms with van der Waals surface area (Å²) in [6.07, 6.45) is 2.90. The van der Waals surface area contributed by atoms with Crippen LogP contribution in [0.1, 0.15) is 81.1 Å². The van der Waals surface area contributed by atoms with Crippen LogP contribution >= 0.6 is 0 Å². The summed E-state index contributed by atoms with van der Waals surface area (Å²) < 4.78 is 12.2. The highest BCUT2D eigenvalue weighted by Crippen LogP contribution is 2.33. The molecule has 0 heterocycles. The molecule has 0 aromatic heterocycles. The first-order valence-corrected chi connectivity index (χ1v) is 7.91. The normalized spacial score (nSPS) is 15.0. The molecule has 1 N–H and O–H groups in total. The monoisotopic (exact) mass is 302 g/mol. The van der Waals surface area contributed by atoms with Gasteiger partial charge < -0.3 is 14.6 Å². The van der Waals surface area contributed by atoms with Crippen LogP contribution in [0.2, 0.25) is 0 Å². The molecule has 0 saturated carbocycles. The van der Waals surface area contributed by atoms with Crippen LogP contribution in [0.15, 0.2) is 0 Å². The molecule has 0 spiro atoms. The van der Waals surface area contributed by atoms with Gasteiger partial charge >= 0.3 is 5.97 Å². The average Bonchev–Trinajstić information content (AvgIpc) is 2.17. The Morgan fingerprint density at radius 1 is 1.00 bits per heavy atom. The summed E-state index contributed by atoms with van der Waals surface area (Å²) in [6, 6.07) is 0. The minimum Gasteiger partial charge on any atom is -0.481 e. The summed E-state index contributed by atoms with van der Waals surface area (Å²) in [6.45, 7) is 15.7. The Labute approximate surface area is 130 Å². The molecule has 0 aliphatic heterocycles. The zero-order chi connectivity index (χ0) is 16.9. The van der Waals surface area contributed by atoms with Crippen LogP contribution in [0.5, 0.6) is 0 Å². The predicted molar refractivity (Wildman–Crippen MR) is 85.3 cm³/mol. The van der Waals surface area contributed by atoms with E-state index in [2.05, 4.69) is 6.92 Å². The number of carbonyl (C=O) groups is 1. The van der Waals surface area contributed by atoms with Crippen LogP contribution in [0.25, 0.3) is 0 Å². The minimum absolute atomic E-state index is 0.358. The van der Waals surface area contributed by atoms with Gasteiger partial charge in [-0.05, 0) is 54.9 Å². The summed E-state index contributed by atoms with van der Waals surface area (Å²) in [7, 11) is 0. The van der Waals surface area contributed by atoms with Gasteiger partial charge in [0.15, 0.2) is 5.79 Å². The molecule has 0 bridgehead atoms. The van der Waals surface area contributed by atoms with Gasteiger partial charge in [0.05, 0.1) is 17.1 Å². The van der Waals surface area contributed by atoms with Crippen LogP contribution < -0.4 is 0 Å². The van der Waals surface area contributed by atoms with E-state index in [1.165, 1.54) is 0 Å². The number of carboxylic acid groups (broad SMARTS) is 1. The average molecular weight is 302 g/mol. The highest BCUT2D eigenvalue weighted by Gasteiger charge is 2.39. The second-order valence-corrected chi connectivity index (χ2v) is 7.94. The maximum atomic E-state index is 11.5. The highest BCUT2D eigenvalue weighted by atomic mass is 16.7. The molecule has 0 fully saturated rings. The number of hydrogen-bond donors (Lipinski definition) is 1. The number of carboxylic acids is 1. The molecule has 4 heteroatoms. The van der Waals surface area contributed by atoms with Gasteiger partial charge in [-0.15, -0.1) is 0 Å². The Balaban J connectivity index is 5.13. The quantitative estimate of drug-likeness (QED) is 0.665. The molecule has 1 atom stereocenters. The van der Waals surface area contributed by atoms with Crippen molar-refractivity contribution in [1.82, 2.24) is 0 Å². The molecule has 0 saturated heterocycles. The number of hydrogen-bond acceptors (Lipinski definition) is 3. The summed E-state index contributed by atoms with van der Waals surface area (Å²) in [5.74, 6) is -2.13. The van der Waals surface area contributed by atoms with Gasteiger partial charge in [0.1, 0.15) is 0 Å². The summed E-state index contributed by atoms with van der Waals surface area (Å²) >= 11 is 0. The lowest BCUT2D eigenvalue weighted by atomic mass is 9.93. The van der Waals surface area contributed by atoms with Gasteiger partial charge in [0.25, 0.3) is 0 Å². The molecule has 4 nitrogen and oxygen atoms in total. The van der Waals surface area contributed by atoms with E-state index in [0.717, 1.165) is 12.8 Å². The van der Waals surface area contributed by atoms with Crippen molar-refractivity contribution in [1.29, 1.82) is 0 Å². The van der Waals surface area contributed by atoms with E-state index in [0.29, 0.717) is 12.8 Å². The van der Waals surface area contributed by atoms with Gasteiger partial charge in [0, 0.05) is 6.42 Å². The lowest BCUT2D eigenvalue weighted by Gasteiger charge is -2.42. The van der Waals surface area contributed by atoms with E-state index in [9.17, 15) is 9.90 Å². The highest BCUT2D eigenvalue weighted by molar-refractivity contribution is 5.70. The Bertz CT molecular complexity index is 307. The Hall–Kier alpha value is -0.610. The molecule has 0 aliphatic rings. The molecular formula is C17H34O4. The second-order valence-electron chi connectivity index (χ2n) is 7.94. The SMILES string of the molecule is CCCCC(CC(C)(OC(C)(C)C)OC(C)(C)C)C(=O)O. The molecule has 0 aliphatic carbocycles. The van der Waals surface area contributed by atoms with Gasteiger partial charge in [-0.25, -0.2) is 0 Å². The van der Waals surface area contributed by atoms with Crippen LogP contribution in [0.4, 0.5) is 0 Å². The van der Waals surface area contributed by atoms with E-state index in [1.807, 2.05) is 48.5 Å². The predicted octanol–water partition coefficient (Wildman–Crippen LogP) is 4.61. The van der Waals surface area contributed by atoms with Crippen molar-refractivity contribution in [2.45, 2.75) is 98.1 Å². The van der Waals surface area contributed by atoms with Crippen LogP contribution in [0.3, 0.4) is 0 Å². The molecule has 0 rings (SSSR count). The van der Waals surface area contributed by atoms with Gasteiger partial charge in [-0.3, -0.25) is 4.79 Å². The van der Waals surface area contributed by atoms with Crippen LogP contribution in [0, 0.1) is 5.92 Å². The van der Waals surface area contributed by atoms with Gasteiger partial charge in [-0.1, -0.05) is 19.8 Å². The first-order chi connectivity index (χ1) is 9.28. The van der Waals surface area contributed by atoms with Crippen molar-refractivity contribution < 1.29 is 19.4 Å². The van der Waals surface area contributed by atoms with Crippen molar-refractivity contribution in [2.75, 3.05) is 0 Å². The smallest absolute Gasteiger partial charge is 0.306 e. The fourth-order valence-electron chi connectivity index (χ4n) is 2.61. The van der Waals surface area contributed by atoms with Crippen molar-refractivity contribution >= 4 is 5.97 Å². The van der Waals surface area contributed by atoms with E-state index >= 15 is 0 Å². The molecular weight excluding hydrogens is 268 g/mol. The lowest BCUT2D eigenvalue weighted by molar-refractivity contribution is -0.308. The van der Waals surface area contributed by atoms with E-state index in [-0.39, 0.29) is 0 Å². The maximum absolute atomic E-state index is 11.5. The Morgan fingerprint density at radius 2 is 1.43 bits per heavy atom. The maximum Gasteiger partial charge on any atom is 0.306 e. The largest absolute Gasteiger partial charge is 0.481 e. The second kappa shape index (κ2) is 7.59. The Morgan fingerprint density at radius 3 is 1.71 bits per heavy atom. The lowest BCUT2D eigenvalue weighted by Crippen LogP contribution is -2.46. The number of unbranched alkanes of at least 4 members (excludes halogenated alkanes) is 1. The fraction of sp³-hybridized carbons (Fsp3) is 0.941. The molecule has 0 radical (unpaired) electrons. The van der Waals surface area contributed by atoms with Crippen molar-refractivity contribution in [3.8, 4) is 0 Å². The van der Waals surface area contributed by atoms with E-state index in [1.54, 1.807) is 0 Å². The number of aliphatic carboxylic acids is 1. The van der Waals surface area contributed by atoms with Crippen LogP contribution in [-0.4, -0.2) is 28.1 Å². The molecule has 21 heavy (non-hydrogen) atoms. The third kappa shape index (κ3) is 9.86. The van der Waals surface area contributed by atoms with Crippen molar-refractivity contribution in [2.24, 2.45) is 5.92 Å². The molecule has 1 unspecified atom stereocenters. The molecule has 0 amide bonds. The minimum atomic E-state index is -0.909. The standard InChI is InChI=1S/C17H34O4/c1-9-10-11-13(14(18)19)12-17(8,20-15(2,3)4)21-16(5,6)7/h13H,9-12H2,1-8H3,(H,18,19). The van der Waals surface area contributed by atoms with Crippen molar-refractivity contribution in [3.05, 3.63) is 0 Å². The third-order valence-electron chi connectivity index (χ3n) is 2.92. The first-order valence-electron chi connectivity index (χ1n) is 7.91. The van der Waals surface area contributed by atoms with E-state index < -0.39 is 28.9 Å². The first kappa shape index (κ1) is 20.4. The third-order valence-corrected chi connectivity index (χ3v) is 2.92. The van der Waals surface area contributed by atoms with Gasteiger partial charge in [0.2, 0.25) is 0 Å². The molecule has 126 valence electrons. The molecule has 0 aromatic rings. The Kier molecular flexibility index (Phi) is 7.37.